The number of amides is 1. The number of hydrogen-bond donors (Lipinski definition) is 1. The number of nitrogens with one attached hydrogen (secondary N) is 1. The van der Waals surface area contributed by atoms with Crippen LogP contribution in [0.2, 0.25) is 0 Å². The number of carbonyl (C=O) groups is 2. The molecule has 0 bridgehead atoms. The second kappa shape index (κ2) is 10.0. The summed E-state index contributed by atoms with van der Waals surface area (Å²) in [6.45, 7) is 10.1. The van der Waals surface area contributed by atoms with Gasteiger partial charge in [-0.15, -0.1) is 9.24 Å². The first kappa shape index (κ1) is 26.5. The molecule has 1 unspecified atom stereocenters. The Kier molecular flexibility index (Phi) is 7.15. The first-order valence-electron chi connectivity index (χ1n) is 15.3. The van der Waals surface area contributed by atoms with Crippen molar-refractivity contribution in [1.29, 1.82) is 0 Å². The van der Waals surface area contributed by atoms with Crippen molar-refractivity contribution >= 4 is 20.9 Å². The van der Waals surface area contributed by atoms with Crippen molar-refractivity contribution in [3.8, 4) is 0 Å². The number of nitrogens with zero attached hydrogens (tertiary/aromatic N) is 1. The fourth-order valence-electron chi connectivity index (χ4n) is 10.2. The third kappa shape index (κ3) is 4.67. The normalized spacial score (nSPS) is 45.7. The van der Waals surface area contributed by atoms with Gasteiger partial charge in [-0.05, 0) is 99.7 Å². The second-order valence-corrected chi connectivity index (χ2v) is 14.5. The van der Waals surface area contributed by atoms with E-state index in [1.165, 1.54) is 38.5 Å². The van der Waals surface area contributed by atoms with E-state index in [1.807, 2.05) is 0 Å². The van der Waals surface area contributed by atoms with Crippen LogP contribution in [0.15, 0.2) is 11.1 Å². The molecule has 6 heteroatoms. The van der Waals surface area contributed by atoms with Crippen molar-refractivity contribution in [2.45, 2.75) is 109 Å². The van der Waals surface area contributed by atoms with Gasteiger partial charge in [0.15, 0.2) is 0 Å². The molecule has 0 radical (unpaired) electrons. The molecule has 0 aromatic rings. The molecule has 5 fully saturated rings. The first-order valence-corrected chi connectivity index (χ1v) is 16.1. The van der Waals surface area contributed by atoms with Gasteiger partial charge in [0.2, 0.25) is 5.91 Å². The van der Waals surface area contributed by atoms with Gasteiger partial charge in [-0.25, -0.2) is 0 Å². The maximum Gasteiger partial charge on any atom is 0.223 e. The average Bonchev–Trinajstić information content (AvgIpc) is 3.38. The van der Waals surface area contributed by atoms with Gasteiger partial charge in [-0.1, -0.05) is 25.0 Å². The van der Waals surface area contributed by atoms with Crippen molar-refractivity contribution in [3.05, 3.63) is 11.1 Å². The Balaban J connectivity index is 1.18. The highest BCUT2D eigenvalue weighted by atomic mass is 31.0. The highest BCUT2D eigenvalue weighted by molar-refractivity contribution is 7.18. The lowest BCUT2D eigenvalue weighted by Crippen LogP contribution is -2.51. The summed E-state index contributed by atoms with van der Waals surface area (Å²) >= 11 is 0. The molecule has 5 nitrogen and oxygen atoms in total. The molecule has 0 aromatic carbocycles. The molecule has 1 amide bonds. The number of ketones is 1. The lowest BCUT2D eigenvalue weighted by Gasteiger charge is -2.52. The fraction of sp³-hybridized carbons (Fsp3) is 0.871. The van der Waals surface area contributed by atoms with Crippen LogP contribution in [0.5, 0.6) is 0 Å². The first-order chi connectivity index (χ1) is 17.7. The number of fused-ring (bicyclic) bond motifs is 6. The number of allylic oxidation sites excluding steroid dienone is 1. The number of Topliss-reactive ketones (excluding diaryl/α,β-unsaturated/α-hetero) is 1. The van der Waals surface area contributed by atoms with Crippen LogP contribution in [0.3, 0.4) is 0 Å². The Morgan fingerprint density at radius 3 is 2.86 bits per heavy atom. The summed E-state index contributed by atoms with van der Waals surface area (Å²) in [6.07, 6.45) is 13.4. The summed E-state index contributed by atoms with van der Waals surface area (Å²) in [6, 6.07) is 0.488. The molecule has 6 rings (SSSR count). The standard InChI is InChI=1S/C31H49N2O3P/c1-19-12-28-27(33(17-19)11-10-32-29(35)18-37)16-31(36-28)9-7-23-24-5-4-21-13-22(34)6-8-30(21,3)26(24)14-25(23)20(2)15-31/h19,21,23-24,26-28H,4-18,37H2,1-3H3,(H,32,35)/t19-,21+,23-,24-,26-,27-,28+,30-,31-/m0/s1. The molecule has 206 valence electrons. The number of likely N-dealkylation sites (tertiary alicyclic amines) is 1. The molecule has 2 aliphatic heterocycles. The van der Waals surface area contributed by atoms with E-state index >= 15 is 0 Å². The molecule has 10 atom stereocenters. The zero-order chi connectivity index (χ0) is 25.9. The molecule has 6 aliphatic rings. The van der Waals surface area contributed by atoms with E-state index in [1.54, 1.807) is 11.1 Å². The van der Waals surface area contributed by atoms with Crippen molar-refractivity contribution in [1.82, 2.24) is 10.2 Å². The van der Waals surface area contributed by atoms with Crippen LogP contribution in [0, 0.1) is 35.0 Å². The number of hydrogen-bond acceptors (Lipinski definition) is 4. The van der Waals surface area contributed by atoms with E-state index in [0.717, 1.165) is 69.5 Å². The summed E-state index contributed by atoms with van der Waals surface area (Å²) in [5.74, 6) is 4.23. The van der Waals surface area contributed by atoms with Gasteiger partial charge in [0.25, 0.3) is 0 Å². The second-order valence-electron chi connectivity index (χ2n) is 14.1. The minimum Gasteiger partial charge on any atom is -0.370 e. The maximum absolute atomic E-state index is 12.3. The van der Waals surface area contributed by atoms with Gasteiger partial charge >= 0.3 is 0 Å². The summed E-state index contributed by atoms with van der Waals surface area (Å²) in [5.41, 5.74) is 3.79. The molecular formula is C31H49N2O3P. The zero-order valence-corrected chi connectivity index (χ0v) is 24.6. The van der Waals surface area contributed by atoms with Gasteiger partial charge in [0.1, 0.15) is 5.78 Å². The predicted octanol–water partition coefficient (Wildman–Crippen LogP) is 5.14. The van der Waals surface area contributed by atoms with E-state index in [4.69, 9.17) is 4.74 Å². The SMILES string of the molecule is CC1=C2C[C@H]3[C@@H](CC[C@@H]4CC(=O)CC[C@@]43C)[C@@H]2CC[C@]2(C1)C[C@H]1[C@@H](C[C@H](C)CN1CCNC(=O)CP)O2. The molecule has 2 saturated heterocycles. The average molecular weight is 529 g/mol. The Morgan fingerprint density at radius 1 is 1.22 bits per heavy atom. The number of carbonyl (C=O) groups excluding carboxylic acids is 2. The van der Waals surface area contributed by atoms with E-state index in [0.29, 0.717) is 41.3 Å². The highest BCUT2D eigenvalue weighted by Crippen LogP contribution is 2.64. The topological polar surface area (TPSA) is 58.6 Å². The van der Waals surface area contributed by atoms with Crippen LogP contribution >= 0.6 is 9.24 Å². The van der Waals surface area contributed by atoms with E-state index in [2.05, 4.69) is 40.2 Å². The Labute approximate surface area is 226 Å². The quantitative estimate of drug-likeness (QED) is 0.406. The predicted molar refractivity (Wildman–Crippen MR) is 150 cm³/mol. The van der Waals surface area contributed by atoms with Crippen LogP contribution in [0.4, 0.5) is 0 Å². The lowest BCUT2D eigenvalue weighted by molar-refractivity contribution is -0.129. The number of piperidine rings is 1. The molecule has 1 spiro atoms. The monoisotopic (exact) mass is 528 g/mol. The van der Waals surface area contributed by atoms with Gasteiger partial charge in [0, 0.05) is 44.7 Å². The molecular weight excluding hydrogens is 479 g/mol. The fourth-order valence-corrected chi connectivity index (χ4v) is 10.3. The Bertz CT molecular complexity index is 966. The van der Waals surface area contributed by atoms with Crippen LogP contribution in [0.1, 0.15) is 91.4 Å². The molecule has 4 aliphatic carbocycles. The highest BCUT2D eigenvalue weighted by Gasteiger charge is 2.58. The largest absolute Gasteiger partial charge is 0.370 e. The number of rotatable bonds is 4. The van der Waals surface area contributed by atoms with Gasteiger partial charge in [-0.3, -0.25) is 14.5 Å². The van der Waals surface area contributed by atoms with Crippen molar-refractivity contribution in [3.63, 3.8) is 0 Å². The minimum atomic E-state index is -0.00374. The third-order valence-corrected chi connectivity index (χ3v) is 12.4. The smallest absolute Gasteiger partial charge is 0.223 e. The van der Waals surface area contributed by atoms with Crippen LogP contribution in [0.25, 0.3) is 0 Å². The molecule has 1 N–H and O–H groups in total. The molecule has 3 saturated carbocycles. The summed E-state index contributed by atoms with van der Waals surface area (Å²) < 4.78 is 7.11. The van der Waals surface area contributed by atoms with Crippen molar-refractivity contribution < 1.29 is 14.3 Å². The van der Waals surface area contributed by atoms with Crippen molar-refractivity contribution in [2.24, 2.45) is 35.0 Å². The molecule has 37 heavy (non-hydrogen) atoms. The van der Waals surface area contributed by atoms with Gasteiger partial charge < -0.3 is 10.1 Å². The van der Waals surface area contributed by atoms with Crippen molar-refractivity contribution in [2.75, 3.05) is 25.8 Å². The Morgan fingerprint density at radius 2 is 2.05 bits per heavy atom. The Hall–Kier alpha value is -0.770. The molecule has 2 heterocycles. The summed E-state index contributed by atoms with van der Waals surface area (Å²) in [4.78, 5) is 26.7. The molecule has 0 aromatic heterocycles. The van der Waals surface area contributed by atoms with Gasteiger partial charge in [-0.2, -0.15) is 0 Å². The van der Waals surface area contributed by atoms with Crippen LogP contribution in [-0.4, -0.2) is 60.1 Å². The third-order valence-electron chi connectivity index (χ3n) is 12.0. The van der Waals surface area contributed by atoms with E-state index < -0.39 is 0 Å². The summed E-state index contributed by atoms with van der Waals surface area (Å²) in [7, 11) is 2.52. The zero-order valence-electron chi connectivity index (χ0n) is 23.4. The van der Waals surface area contributed by atoms with Crippen LogP contribution in [-0.2, 0) is 14.3 Å². The van der Waals surface area contributed by atoms with E-state index in [9.17, 15) is 9.59 Å². The minimum absolute atomic E-state index is 0.00374. The van der Waals surface area contributed by atoms with Crippen LogP contribution < -0.4 is 5.32 Å². The number of ether oxygens (including phenoxy) is 1. The maximum atomic E-state index is 12.3. The van der Waals surface area contributed by atoms with Gasteiger partial charge in [0.05, 0.1) is 11.7 Å². The lowest BCUT2D eigenvalue weighted by atomic mass is 9.52. The van der Waals surface area contributed by atoms with E-state index in [-0.39, 0.29) is 11.5 Å². The summed E-state index contributed by atoms with van der Waals surface area (Å²) in [5, 5.41) is 3.07.